The Bertz CT molecular complexity index is 336. The number of ether oxygens (including phenoxy) is 2. The van der Waals surface area contributed by atoms with E-state index < -0.39 is 17.9 Å². The van der Waals surface area contributed by atoms with Crippen LogP contribution in [0, 0.1) is 11.3 Å². The van der Waals surface area contributed by atoms with E-state index in [2.05, 4.69) is 9.47 Å². The summed E-state index contributed by atoms with van der Waals surface area (Å²) in [5, 5.41) is 0. The van der Waals surface area contributed by atoms with Crippen LogP contribution in [0.5, 0.6) is 0 Å². The molecule has 0 bridgehead atoms. The molecule has 1 spiro atoms. The smallest absolute Gasteiger partial charge is 0.320 e. The van der Waals surface area contributed by atoms with Crippen LogP contribution in [0.25, 0.3) is 0 Å². The van der Waals surface area contributed by atoms with Crippen molar-refractivity contribution >= 4 is 11.9 Å². The number of rotatable bonds is 4. The van der Waals surface area contributed by atoms with Gasteiger partial charge in [0.1, 0.15) is 0 Å². The number of methoxy groups -OCH3 is 2. The van der Waals surface area contributed by atoms with Crippen molar-refractivity contribution in [3.05, 3.63) is 11.6 Å². The van der Waals surface area contributed by atoms with Gasteiger partial charge in [-0.3, -0.25) is 9.59 Å². The summed E-state index contributed by atoms with van der Waals surface area (Å²) in [4.78, 5) is 22.7. The second-order valence-corrected chi connectivity index (χ2v) is 4.52. The molecule has 16 heavy (non-hydrogen) atoms. The first-order valence-corrected chi connectivity index (χ1v) is 5.48. The number of allylic oxidation sites excluding steroid dienone is 2. The Morgan fingerprint density at radius 1 is 1.31 bits per heavy atom. The lowest BCUT2D eigenvalue weighted by molar-refractivity contribution is -0.158. The Kier molecular flexibility index (Phi) is 2.74. The van der Waals surface area contributed by atoms with E-state index in [-0.39, 0.29) is 0 Å². The Labute approximate surface area is 94.6 Å². The maximum atomic E-state index is 11.4. The molecule has 2 aliphatic rings. The van der Waals surface area contributed by atoms with Crippen LogP contribution >= 0.6 is 0 Å². The quantitative estimate of drug-likeness (QED) is 0.412. The lowest BCUT2D eigenvalue weighted by Gasteiger charge is -2.09. The molecule has 88 valence electrons. The van der Waals surface area contributed by atoms with Crippen LogP contribution in [0.1, 0.15) is 25.7 Å². The van der Waals surface area contributed by atoms with Gasteiger partial charge in [-0.1, -0.05) is 11.6 Å². The first kappa shape index (κ1) is 11.2. The molecule has 2 saturated carbocycles. The first-order valence-electron chi connectivity index (χ1n) is 5.48. The van der Waals surface area contributed by atoms with E-state index in [9.17, 15) is 9.59 Å². The summed E-state index contributed by atoms with van der Waals surface area (Å²) in [5.41, 5.74) is 1.88. The highest BCUT2D eigenvalue weighted by Gasteiger charge is 2.58. The number of carbonyl (C=O) groups is 2. The van der Waals surface area contributed by atoms with Crippen molar-refractivity contribution in [1.29, 1.82) is 0 Å². The summed E-state index contributed by atoms with van der Waals surface area (Å²) in [6.07, 6.45) is 6.07. The van der Waals surface area contributed by atoms with Gasteiger partial charge in [0.05, 0.1) is 14.2 Å². The highest BCUT2D eigenvalue weighted by atomic mass is 16.5. The first-order chi connectivity index (χ1) is 7.63. The van der Waals surface area contributed by atoms with Gasteiger partial charge in [0, 0.05) is 0 Å². The zero-order valence-electron chi connectivity index (χ0n) is 9.62. The monoisotopic (exact) mass is 224 g/mol. The summed E-state index contributed by atoms with van der Waals surface area (Å²) in [5.74, 6) is -1.85. The van der Waals surface area contributed by atoms with Crippen molar-refractivity contribution in [1.82, 2.24) is 0 Å². The molecule has 0 unspecified atom stereocenters. The highest BCUT2D eigenvalue weighted by molar-refractivity contribution is 5.95. The minimum atomic E-state index is -0.807. The van der Waals surface area contributed by atoms with Crippen LogP contribution in [0.2, 0.25) is 0 Å². The average molecular weight is 224 g/mol. The molecule has 0 aromatic rings. The van der Waals surface area contributed by atoms with E-state index in [1.165, 1.54) is 32.6 Å². The SMILES string of the molecule is COC(=O)C(C/C=C1\CC12CC2)C(=O)OC. The topological polar surface area (TPSA) is 52.6 Å². The fourth-order valence-corrected chi connectivity index (χ4v) is 2.09. The van der Waals surface area contributed by atoms with Crippen LogP contribution in [-0.4, -0.2) is 26.2 Å². The van der Waals surface area contributed by atoms with Crippen LogP contribution in [0.4, 0.5) is 0 Å². The minimum absolute atomic E-state index is 0.399. The Balaban J connectivity index is 1.94. The lowest BCUT2D eigenvalue weighted by Crippen LogP contribution is -2.25. The minimum Gasteiger partial charge on any atom is -0.468 e. The van der Waals surface area contributed by atoms with Gasteiger partial charge in [0.15, 0.2) is 5.92 Å². The van der Waals surface area contributed by atoms with Crippen molar-refractivity contribution in [3.63, 3.8) is 0 Å². The van der Waals surface area contributed by atoms with E-state index in [1.54, 1.807) is 0 Å². The normalized spacial score (nSPS) is 22.3. The Morgan fingerprint density at radius 2 is 1.88 bits per heavy atom. The summed E-state index contributed by atoms with van der Waals surface area (Å²) in [6.45, 7) is 0. The summed E-state index contributed by atoms with van der Waals surface area (Å²) in [6, 6.07) is 0. The van der Waals surface area contributed by atoms with Gasteiger partial charge in [-0.15, -0.1) is 0 Å². The molecule has 0 radical (unpaired) electrons. The van der Waals surface area contributed by atoms with Gasteiger partial charge in [-0.05, 0) is 31.1 Å². The molecule has 2 fully saturated rings. The standard InChI is InChI=1S/C12H16O4/c1-15-10(13)9(11(14)16-2)4-3-8-7-12(8)5-6-12/h3,9H,4-7H2,1-2H3/b8-3+. The number of esters is 2. The molecule has 0 aliphatic heterocycles. The van der Waals surface area contributed by atoms with E-state index in [1.807, 2.05) is 6.08 Å². The second kappa shape index (κ2) is 3.92. The van der Waals surface area contributed by atoms with Gasteiger partial charge in [0.25, 0.3) is 0 Å². The molecule has 0 heterocycles. The molecule has 2 rings (SSSR count). The maximum Gasteiger partial charge on any atom is 0.320 e. The van der Waals surface area contributed by atoms with Crippen LogP contribution in [0.15, 0.2) is 11.6 Å². The van der Waals surface area contributed by atoms with Gasteiger partial charge >= 0.3 is 11.9 Å². The van der Waals surface area contributed by atoms with E-state index in [0.717, 1.165) is 6.42 Å². The van der Waals surface area contributed by atoms with Crippen molar-refractivity contribution in [2.75, 3.05) is 14.2 Å². The molecule has 4 nitrogen and oxygen atoms in total. The fraction of sp³-hybridized carbons (Fsp3) is 0.667. The van der Waals surface area contributed by atoms with Gasteiger partial charge in [0.2, 0.25) is 0 Å². The summed E-state index contributed by atoms with van der Waals surface area (Å²) >= 11 is 0. The van der Waals surface area contributed by atoms with Crippen molar-refractivity contribution in [3.8, 4) is 0 Å². The third kappa shape index (κ3) is 1.96. The average Bonchev–Trinajstić information content (AvgIpc) is 3.20. The molecular weight excluding hydrogens is 208 g/mol. The molecule has 0 atom stereocenters. The maximum absolute atomic E-state index is 11.4. The molecular formula is C12H16O4. The zero-order chi connectivity index (χ0) is 11.8. The predicted octanol–water partition coefficient (Wildman–Crippen LogP) is 1.45. The summed E-state index contributed by atoms with van der Waals surface area (Å²) < 4.78 is 9.17. The molecule has 0 N–H and O–H groups in total. The highest BCUT2D eigenvalue weighted by Crippen LogP contribution is 2.70. The van der Waals surface area contributed by atoms with Crippen molar-refractivity contribution < 1.29 is 19.1 Å². The molecule has 4 heteroatoms. The third-order valence-corrected chi connectivity index (χ3v) is 3.51. The lowest BCUT2D eigenvalue weighted by atomic mass is 10.1. The third-order valence-electron chi connectivity index (χ3n) is 3.51. The van der Waals surface area contributed by atoms with Crippen LogP contribution < -0.4 is 0 Å². The van der Waals surface area contributed by atoms with Gasteiger partial charge in [-0.25, -0.2) is 0 Å². The van der Waals surface area contributed by atoms with Crippen molar-refractivity contribution in [2.24, 2.45) is 11.3 Å². The van der Waals surface area contributed by atoms with Crippen molar-refractivity contribution in [2.45, 2.75) is 25.7 Å². The molecule has 0 saturated heterocycles. The molecule has 0 aromatic heterocycles. The van der Waals surface area contributed by atoms with Crippen LogP contribution in [-0.2, 0) is 19.1 Å². The van der Waals surface area contributed by atoms with Gasteiger partial charge in [-0.2, -0.15) is 0 Å². The molecule has 2 aliphatic carbocycles. The number of hydrogen-bond acceptors (Lipinski definition) is 4. The fourth-order valence-electron chi connectivity index (χ4n) is 2.09. The predicted molar refractivity (Wildman–Crippen MR) is 56.5 cm³/mol. The largest absolute Gasteiger partial charge is 0.468 e. The zero-order valence-corrected chi connectivity index (χ0v) is 9.62. The van der Waals surface area contributed by atoms with Gasteiger partial charge < -0.3 is 9.47 Å². The number of carbonyl (C=O) groups excluding carboxylic acids is 2. The number of hydrogen-bond donors (Lipinski definition) is 0. The second-order valence-electron chi connectivity index (χ2n) is 4.52. The molecule has 0 amide bonds. The summed E-state index contributed by atoms with van der Waals surface area (Å²) in [7, 11) is 2.57. The molecule has 0 aromatic carbocycles. The van der Waals surface area contributed by atoms with E-state index in [0.29, 0.717) is 11.8 Å². The Hall–Kier alpha value is -1.32. The van der Waals surface area contributed by atoms with Crippen LogP contribution in [0.3, 0.4) is 0 Å². The Morgan fingerprint density at radius 3 is 2.25 bits per heavy atom. The van der Waals surface area contributed by atoms with E-state index in [4.69, 9.17) is 0 Å². The van der Waals surface area contributed by atoms with E-state index >= 15 is 0 Å².